The zero-order valence-electron chi connectivity index (χ0n) is 3.18. The summed E-state index contributed by atoms with van der Waals surface area (Å²) in [5.41, 5.74) is 0. The molecule has 8 heteroatoms. The SMILES string of the molecule is [Cl][Cr]([Cl])[Cl].[Cl][Ti]([Cl])[Cl]. The van der Waals surface area contributed by atoms with Crippen molar-refractivity contribution in [3.05, 3.63) is 0 Å². The zero-order chi connectivity index (χ0) is 7.15. The zero-order valence-corrected chi connectivity index (χ0v) is 10.5. The maximum atomic E-state index is 4.97. The first kappa shape index (κ1) is 13.6. The van der Waals surface area contributed by atoms with Crippen molar-refractivity contribution in [2.75, 3.05) is 0 Å². The van der Waals surface area contributed by atoms with Gasteiger partial charge in [-0.3, -0.25) is 0 Å². The summed E-state index contributed by atoms with van der Waals surface area (Å²) in [5, 5.41) is 0. The summed E-state index contributed by atoms with van der Waals surface area (Å²) in [6, 6.07) is 0. The standard InChI is InChI=1S/6ClH.Cr.Ti/h6*1H;;/q;;;;;;2*+3/p-6. The third-order valence-electron chi connectivity index (χ3n) is 0. The first-order valence-electron chi connectivity index (χ1n) is 1.03. The molecule has 0 aromatic rings. The van der Waals surface area contributed by atoms with Gasteiger partial charge in [0, 0.05) is 0 Å². The second-order valence-electron chi connectivity index (χ2n) is 0.389. The first-order chi connectivity index (χ1) is 3.46. The average Bonchev–Trinajstić information content (AvgIpc) is 1.25. The van der Waals surface area contributed by atoms with Gasteiger partial charge in [0.25, 0.3) is 0 Å². The fourth-order valence-electron chi connectivity index (χ4n) is 0. The summed E-state index contributed by atoms with van der Waals surface area (Å²) >= 11 is -3.54. The molecule has 0 atom stereocenters. The van der Waals surface area contributed by atoms with Crippen LogP contribution in [0.25, 0.3) is 0 Å². The molecule has 0 bridgehead atoms. The molecule has 52 valence electrons. The van der Waals surface area contributed by atoms with Crippen molar-refractivity contribution in [2.24, 2.45) is 0 Å². The van der Waals surface area contributed by atoms with Crippen LogP contribution in [0, 0.1) is 0 Å². The van der Waals surface area contributed by atoms with Crippen molar-refractivity contribution in [2.45, 2.75) is 0 Å². The van der Waals surface area contributed by atoms with Gasteiger partial charge in [-0.25, -0.2) is 0 Å². The first-order valence-corrected chi connectivity index (χ1v) is 12.7. The van der Waals surface area contributed by atoms with Gasteiger partial charge in [-0.2, -0.15) is 0 Å². The predicted octanol–water partition coefficient (Wildman–Crippen LogP) is 4.13. The van der Waals surface area contributed by atoms with E-state index in [1.54, 1.807) is 0 Å². The van der Waals surface area contributed by atoms with Crippen molar-refractivity contribution in [3.63, 3.8) is 0 Å². The van der Waals surface area contributed by atoms with Crippen LogP contribution in [0.2, 0.25) is 0 Å². The van der Waals surface area contributed by atoms with Crippen LogP contribution in [0.3, 0.4) is 0 Å². The molecular formula is Cl6CrTi. The van der Waals surface area contributed by atoms with E-state index >= 15 is 0 Å². The van der Waals surface area contributed by atoms with Gasteiger partial charge in [0.15, 0.2) is 0 Å². The molecule has 0 unspecified atom stereocenters. The maximum absolute atomic E-state index is 4.97. The molecule has 0 spiro atoms. The average molecular weight is 313 g/mol. The normalized spacial score (nSPS) is 7.88. The van der Waals surface area contributed by atoms with E-state index in [1.807, 2.05) is 0 Å². The number of hydrogen-bond acceptors (Lipinski definition) is 0. The minimum atomic E-state index is -1.92. The molecule has 0 heterocycles. The molecule has 0 aromatic heterocycles. The molecule has 0 fully saturated rings. The Morgan fingerprint density at radius 2 is 0.875 bits per heavy atom. The van der Waals surface area contributed by atoms with Crippen LogP contribution in [0.15, 0.2) is 0 Å². The Kier molecular flexibility index (Phi) is 16.9. The van der Waals surface area contributed by atoms with Crippen LogP contribution in [-0.2, 0) is 26.1 Å². The molecule has 0 aliphatic carbocycles. The van der Waals surface area contributed by atoms with Crippen LogP contribution in [-0.4, -0.2) is 0 Å². The van der Waals surface area contributed by atoms with Crippen LogP contribution in [0.4, 0.5) is 0 Å². The molecule has 0 aliphatic heterocycles. The summed E-state index contributed by atoms with van der Waals surface area (Å²) < 4.78 is 0. The number of halogens is 6. The number of hydrogen-bond donors (Lipinski definition) is 0. The molecular weight excluding hydrogens is 313 g/mol. The van der Waals surface area contributed by atoms with E-state index in [1.165, 1.54) is 0 Å². The van der Waals surface area contributed by atoms with Gasteiger partial charge in [-0.1, -0.05) is 0 Å². The molecule has 0 nitrogen and oxygen atoms in total. The Morgan fingerprint density at radius 3 is 0.875 bits per heavy atom. The Bertz CT molecular complexity index is 24.0. The molecule has 0 saturated heterocycles. The Morgan fingerprint density at radius 1 is 0.875 bits per heavy atom. The Balaban J connectivity index is 0. The molecule has 0 saturated carbocycles. The molecule has 0 aliphatic rings. The van der Waals surface area contributed by atoms with Gasteiger partial charge >= 0.3 is 84.1 Å². The Labute approximate surface area is 82.8 Å². The fraction of sp³-hybridized carbons (Fsp3) is 0. The van der Waals surface area contributed by atoms with Crippen molar-refractivity contribution < 1.29 is 26.1 Å². The quantitative estimate of drug-likeness (QED) is 0.590. The molecule has 0 aromatic carbocycles. The molecule has 0 rings (SSSR count). The topological polar surface area (TPSA) is 0 Å². The summed E-state index contributed by atoms with van der Waals surface area (Å²) in [6.45, 7) is 0. The van der Waals surface area contributed by atoms with E-state index in [-0.39, 0.29) is 0 Å². The van der Waals surface area contributed by atoms with E-state index in [0.29, 0.717) is 0 Å². The third-order valence-corrected chi connectivity index (χ3v) is 0. The minimum absolute atomic E-state index is 1.62. The van der Waals surface area contributed by atoms with Crippen LogP contribution >= 0.6 is 58.1 Å². The number of rotatable bonds is 0. The van der Waals surface area contributed by atoms with E-state index in [2.05, 4.69) is 0 Å². The van der Waals surface area contributed by atoms with Crippen LogP contribution in [0.1, 0.15) is 0 Å². The summed E-state index contributed by atoms with van der Waals surface area (Å²) in [6.07, 6.45) is 0. The third kappa shape index (κ3) is 64.3. The summed E-state index contributed by atoms with van der Waals surface area (Å²) in [4.78, 5) is 0. The van der Waals surface area contributed by atoms with Crippen molar-refractivity contribution in [1.29, 1.82) is 0 Å². The fourth-order valence-corrected chi connectivity index (χ4v) is 0. The van der Waals surface area contributed by atoms with Crippen molar-refractivity contribution in [3.8, 4) is 0 Å². The van der Waals surface area contributed by atoms with Crippen LogP contribution < -0.4 is 0 Å². The Hall–Kier alpha value is 2.99. The second-order valence-corrected chi connectivity index (χ2v) is 14.4. The molecule has 8 heavy (non-hydrogen) atoms. The van der Waals surface area contributed by atoms with E-state index < -0.39 is 26.1 Å². The van der Waals surface area contributed by atoms with Gasteiger partial charge in [0.05, 0.1) is 0 Å². The summed E-state index contributed by atoms with van der Waals surface area (Å²) in [7, 11) is 29.7. The summed E-state index contributed by atoms with van der Waals surface area (Å²) in [5.74, 6) is 0. The molecule has 0 N–H and O–H groups in total. The van der Waals surface area contributed by atoms with Gasteiger partial charge in [0.2, 0.25) is 0 Å². The van der Waals surface area contributed by atoms with E-state index in [0.717, 1.165) is 0 Å². The predicted molar refractivity (Wildman–Crippen MR) is 35.1 cm³/mol. The van der Waals surface area contributed by atoms with Gasteiger partial charge in [-0.05, 0) is 0 Å². The monoisotopic (exact) mass is 310 g/mol. The molecule has 0 radical (unpaired) electrons. The molecule has 0 amide bonds. The van der Waals surface area contributed by atoms with Gasteiger partial charge < -0.3 is 0 Å². The van der Waals surface area contributed by atoms with Crippen molar-refractivity contribution in [1.82, 2.24) is 0 Å². The van der Waals surface area contributed by atoms with Gasteiger partial charge in [0.1, 0.15) is 0 Å². The van der Waals surface area contributed by atoms with Gasteiger partial charge in [-0.15, -0.1) is 0 Å². The van der Waals surface area contributed by atoms with E-state index in [4.69, 9.17) is 58.1 Å². The second kappa shape index (κ2) is 9.99. The van der Waals surface area contributed by atoms with Crippen LogP contribution in [0.5, 0.6) is 0 Å². The van der Waals surface area contributed by atoms with E-state index in [9.17, 15) is 0 Å². The van der Waals surface area contributed by atoms with Crippen molar-refractivity contribution >= 4 is 58.1 Å².